The van der Waals surface area contributed by atoms with Gasteiger partial charge >= 0.3 is 6.18 Å². The maximum Gasteiger partial charge on any atom is 0.417 e. The van der Waals surface area contributed by atoms with Crippen molar-refractivity contribution in [2.45, 2.75) is 32.0 Å². The first-order valence-electron chi connectivity index (χ1n) is 5.47. The van der Waals surface area contributed by atoms with Crippen LogP contribution in [0.3, 0.4) is 0 Å². The topological polar surface area (TPSA) is 65.1 Å². The number of unbranched alkanes of at least 4 members (excludes halogenated alkanes) is 1. The van der Waals surface area contributed by atoms with Crippen LogP contribution in [0.4, 0.5) is 13.2 Å². The van der Waals surface area contributed by atoms with E-state index in [4.69, 9.17) is 17.3 Å². The number of hydrogen-bond donors (Lipinski definition) is 1. The van der Waals surface area contributed by atoms with Crippen LogP contribution in [0.15, 0.2) is 17.1 Å². The van der Waals surface area contributed by atoms with Gasteiger partial charge in [0.2, 0.25) is 5.91 Å². The van der Waals surface area contributed by atoms with Gasteiger partial charge in [-0.3, -0.25) is 9.59 Å². The minimum atomic E-state index is -4.56. The van der Waals surface area contributed by atoms with Crippen LogP contribution < -0.4 is 11.3 Å². The second-order valence-electron chi connectivity index (χ2n) is 4.00. The van der Waals surface area contributed by atoms with Crippen LogP contribution in [0.1, 0.15) is 24.8 Å². The van der Waals surface area contributed by atoms with Crippen LogP contribution in [-0.4, -0.2) is 10.5 Å². The summed E-state index contributed by atoms with van der Waals surface area (Å²) in [4.78, 5) is 22.0. The van der Waals surface area contributed by atoms with Gasteiger partial charge in [0.05, 0.1) is 5.56 Å². The molecule has 1 aromatic rings. The predicted molar refractivity (Wildman–Crippen MR) is 63.8 cm³/mol. The molecule has 0 saturated heterocycles. The van der Waals surface area contributed by atoms with E-state index in [0.29, 0.717) is 18.9 Å². The van der Waals surface area contributed by atoms with E-state index < -0.39 is 28.2 Å². The number of amides is 1. The van der Waals surface area contributed by atoms with Crippen molar-refractivity contribution in [1.29, 1.82) is 0 Å². The third-order valence-electron chi connectivity index (χ3n) is 2.44. The van der Waals surface area contributed by atoms with Crippen molar-refractivity contribution >= 4 is 17.5 Å². The highest BCUT2D eigenvalue weighted by molar-refractivity contribution is 6.30. The van der Waals surface area contributed by atoms with Gasteiger partial charge in [-0.2, -0.15) is 13.2 Å². The molecular formula is C11H12ClF3N2O2. The molecule has 0 radical (unpaired) electrons. The Balaban J connectivity index is 2.85. The molecule has 106 valence electrons. The standard InChI is InChI=1S/C11H12ClF3N2O2/c12-8-5-7(11(13,14)15)6-17(10(8)19)4-2-1-3-9(16)18/h5-6H,1-4H2,(H2,16,18). The molecule has 19 heavy (non-hydrogen) atoms. The Morgan fingerprint density at radius 3 is 2.53 bits per heavy atom. The summed E-state index contributed by atoms with van der Waals surface area (Å²) in [5.41, 5.74) is 3.26. The highest BCUT2D eigenvalue weighted by atomic mass is 35.5. The first-order valence-corrected chi connectivity index (χ1v) is 5.85. The van der Waals surface area contributed by atoms with Crippen LogP contribution in [0.5, 0.6) is 0 Å². The molecule has 0 aliphatic heterocycles. The lowest BCUT2D eigenvalue weighted by Gasteiger charge is -2.11. The van der Waals surface area contributed by atoms with Crippen molar-refractivity contribution in [1.82, 2.24) is 4.57 Å². The summed E-state index contributed by atoms with van der Waals surface area (Å²) in [5.74, 6) is -0.491. The highest BCUT2D eigenvalue weighted by Crippen LogP contribution is 2.29. The summed E-state index contributed by atoms with van der Waals surface area (Å²) in [7, 11) is 0. The minimum Gasteiger partial charge on any atom is -0.370 e. The van der Waals surface area contributed by atoms with Gasteiger partial charge in [-0.25, -0.2) is 0 Å². The van der Waals surface area contributed by atoms with E-state index in [-0.39, 0.29) is 13.0 Å². The Hall–Kier alpha value is -1.50. The van der Waals surface area contributed by atoms with Crippen molar-refractivity contribution in [3.63, 3.8) is 0 Å². The summed E-state index contributed by atoms with van der Waals surface area (Å²) >= 11 is 5.48. The number of halogens is 4. The number of carbonyl (C=O) groups is 1. The van der Waals surface area contributed by atoms with Crippen LogP contribution in [0.25, 0.3) is 0 Å². The normalized spacial score (nSPS) is 11.6. The minimum absolute atomic E-state index is 0.0513. The molecule has 0 spiro atoms. The lowest BCUT2D eigenvalue weighted by atomic mass is 10.2. The third-order valence-corrected chi connectivity index (χ3v) is 2.71. The van der Waals surface area contributed by atoms with Crippen LogP contribution >= 0.6 is 11.6 Å². The Morgan fingerprint density at radius 2 is 2.00 bits per heavy atom. The molecule has 0 aliphatic rings. The fourth-order valence-electron chi connectivity index (χ4n) is 1.50. The number of aryl methyl sites for hydroxylation is 1. The monoisotopic (exact) mass is 296 g/mol. The first kappa shape index (κ1) is 15.6. The number of hydrogen-bond acceptors (Lipinski definition) is 2. The Kier molecular flexibility index (Phi) is 4.99. The largest absolute Gasteiger partial charge is 0.417 e. The van der Waals surface area contributed by atoms with Gasteiger partial charge < -0.3 is 10.3 Å². The molecule has 0 saturated carbocycles. The molecule has 8 heteroatoms. The molecule has 1 amide bonds. The van der Waals surface area contributed by atoms with Crippen molar-refractivity contribution in [2.75, 3.05) is 0 Å². The number of aromatic nitrogens is 1. The van der Waals surface area contributed by atoms with Crippen molar-refractivity contribution in [3.05, 3.63) is 33.2 Å². The summed E-state index contributed by atoms with van der Waals surface area (Å²) in [6.07, 6.45) is -2.96. The van der Waals surface area contributed by atoms with Crippen LogP contribution in [-0.2, 0) is 17.5 Å². The lowest BCUT2D eigenvalue weighted by molar-refractivity contribution is -0.138. The Bertz CT molecular complexity index is 526. The van der Waals surface area contributed by atoms with E-state index in [1.165, 1.54) is 0 Å². The van der Waals surface area contributed by atoms with Gasteiger partial charge in [-0.1, -0.05) is 11.6 Å². The van der Waals surface area contributed by atoms with E-state index in [9.17, 15) is 22.8 Å². The molecule has 1 heterocycles. The summed E-state index contributed by atoms with van der Waals surface area (Å²) < 4.78 is 38.5. The molecule has 0 aromatic carbocycles. The molecule has 1 rings (SSSR count). The van der Waals surface area contributed by atoms with E-state index in [2.05, 4.69) is 0 Å². The van der Waals surface area contributed by atoms with Gasteiger partial charge in [-0.05, 0) is 18.9 Å². The van der Waals surface area contributed by atoms with Crippen molar-refractivity contribution in [3.8, 4) is 0 Å². The zero-order valence-corrected chi connectivity index (χ0v) is 10.6. The SMILES string of the molecule is NC(=O)CCCCn1cc(C(F)(F)F)cc(Cl)c1=O. The van der Waals surface area contributed by atoms with E-state index in [0.717, 1.165) is 10.8 Å². The highest BCUT2D eigenvalue weighted by Gasteiger charge is 2.31. The number of rotatable bonds is 5. The quantitative estimate of drug-likeness (QED) is 0.846. The summed E-state index contributed by atoms with van der Waals surface area (Å²) in [6, 6.07) is 0.601. The number of nitrogens with two attached hydrogens (primary N) is 1. The average Bonchev–Trinajstić information content (AvgIpc) is 2.27. The van der Waals surface area contributed by atoms with E-state index >= 15 is 0 Å². The molecule has 2 N–H and O–H groups in total. The maximum atomic E-state index is 12.5. The molecule has 0 aliphatic carbocycles. The zero-order chi connectivity index (χ0) is 14.6. The fourth-order valence-corrected chi connectivity index (χ4v) is 1.73. The van der Waals surface area contributed by atoms with Crippen LogP contribution in [0.2, 0.25) is 5.02 Å². The maximum absolute atomic E-state index is 12.5. The molecule has 0 bridgehead atoms. The van der Waals surface area contributed by atoms with Crippen molar-refractivity contribution < 1.29 is 18.0 Å². The molecule has 0 unspecified atom stereocenters. The summed E-state index contributed by atoms with van der Waals surface area (Å²) in [5, 5.41) is -0.482. The Morgan fingerprint density at radius 1 is 1.37 bits per heavy atom. The Labute approximate surface area is 112 Å². The molecule has 1 aromatic heterocycles. The summed E-state index contributed by atoms with van der Waals surface area (Å²) in [6.45, 7) is 0.0513. The number of primary amides is 1. The van der Waals surface area contributed by atoms with E-state index in [1.54, 1.807) is 0 Å². The second kappa shape index (κ2) is 6.10. The number of pyridine rings is 1. The average molecular weight is 297 g/mol. The van der Waals surface area contributed by atoms with Gasteiger partial charge in [0.25, 0.3) is 5.56 Å². The molecule has 0 atom stereocenters. The zero-order valence-electron chi connectivity index (χ0n) is 9.84. The molecule has 0 fully saturated rings. The number of carbonyl (C=O) groups excluding carboxylic acids is 1. The third kappa shape index (κ3) is 4.59. The van der Waals surface area contributed by atoms with Gasteiger partial charge in [0.1, 0.15) is 5.02 Å². The first-order chi connectivity index (χ1) is 8.71. The van der Waals surface area contributed by atoms with Gasteiger partial charge in [0, 0.05) is 19.2 Å². The predicted octanol–water partition coefficient (Wildman–Crippen LogP) is 2.18. The molecular weight excluding hydrogens is 285 g/mol. The fraction of sp³-hybridized carbons (Fsp3) is 0.455. The lowest BCUT2D eigenvalue weighted by Crippen LogP contribution is -2.23. The van der Waals surface area contributed by atoms with E-state index in [1.807, 2.05) is 0 Å². The second-order valence-corrected chi connectivity index (χ2v) is 4.40. The van der Waals surface area contributed by atoms with Crippen LogP contribution in [0, 0.1) is 0 Å². The van der Waals surface area contributed by atoms with Gasteiger partial charge in [0.15, 0.2) is 0 Å². The van der Waals surface area contributed by atoms with Crippen molar-refractivity contribution in [2.24, 2.45) is 5.73 Å². The number of nitrogens with zero attached hydrogens (tertiary/aromatic N) is 1. The number of alkyl halides is 3. The smallest absolute Gasteiger partial charge is 0.370 e. The molecule has 4 nitrogen and oxygen atoms in total. The van der Waals surface area contributed by atoms with Gasteiger partial charge in [-0.15, -0.1) is 0 Å².